The van der Waals surface area contributed by atoms with E-state index in [1.807, 2.05) is 18.4 Å². The van der Waals surface area contributed by atoms with Crippen molar-refractivity contribution in [3.05, 3.63) is 22.4 Å². The van der Waals surface area contributed by atoms with E-state index in [2.05, 4.69) is 16.7 Å². The molecule has 0 aliphatic heterocycles. The minimum absolute atomic E-state index is 0.102. The van der Waals surface area contributed by atoms with Crippen molar-refractivity contribution in [2.45, 2.75) is 25.8 Å². The number of hydrogen-bond acceptors (Lipinski definition) is 3. The highest BCUT2D eigenvalue weighted by molar-refractivity contribution is 7.09. The Morgan fingerprint density at radius 3 is 3.06 bits per heavy atom. The van der Waals surface area contributed by atoms with Gasteiger partial charge in [-0.25, -0.2) is 4.79 Å². The van der Waals surface area contributed by atoms with Crippen LogP contribution in [0.5, 0.6) is 0 Å². The first-order valence-corrected chi connectivity index (χ1v) is 6.28. The standard InChI is InChI=1S/C11H18N2O2S/c1-9(8-10-4-2-7-16-10)13-11(15)12-5-3-6-14/h2,4,7,9,14H,3,5-6,8H2,1H3,(H2,12,13,15). The number of thiophene rings is 1. The van der Waals surface area contributed by atoms with E-state index in [1.54, 1.807) is 11.3 Å². The van der Waals surface area contributed by atoms with Gasteiger partial charge in [0.2, 0.25) is 0 Å². The summed E-state index contributed by atoms with van der Waals surface area (Å²) in [5.41, 5.74) is 0. The minimum atomic E-state index is -0.169. The lowest BCUT2D eigenvalue weighted by Crippen LogP contribution is -2.42. The van der Waals surface area contributed by atoms with Crippen LogP contribution in [0.15, 0.2) is 17.5 Å². The normalized spacial score (nSPS) is 12.1. The Kier molecular flexibility index (Phi) is 5.88. The van der Waals surface area contributed by atoms with Crippen molar-refractivity contribution in [3.8, 4) is 0 Å². The molecule has 0 aromatic carbocycles. The van der Waals surface area contributed by atoms with Crippen LogP contribution in [0.25, 0.3) is 0 Å². The van der Waals surface area contributed by atoms with Gasteiger partial charge < -0.3 is 15.7 Å². The number of aliphatic hydroxyl groups excluding tert-OH is 1. The molecule has 5 heteroatoms. The number of nitrogens with one attached hydrogen (secondary N) is 2. The molecular weight excluding hydrogens is 224 g/mol. The Morgan fingerprint density at radius 2 is 2.44 bits per heavy atom. The first kappa shape index (κ1) is 13.0. The van der Waals surface area contributed by atoms with Gasteiger partial charge in [-0.1, -0.05) is 6.07 Å². The van der Waals surface area contributed by atoms with Crippen molar-refractivity contribution < 1.29 is 9.90 Å². The van der Waals surface area contributed by atoms with E-state index >= 15 is 0 Å². The SMILES string of the molecule is CC(Cc1cccs1)NC(=O)NCCCO. The van der Waals surface area contributed by atoms with Crippen molar-refractivity contribution in [3.63, 3.8) is 0 Å². The molecule has 1 aromatic heterocycles. The molecule has 0 bridgehead atoms. The van der Waals surface area contributed by atoms with Crippen LogP contribution >= 0.6 is 11.3 Å². The van der Waals surface area contributed by atoms with E-state index in [4.69, 9.17) is 5.11 Å². The maximum absolute atomic E-state index is 11.4. The second kappa shape index (κ2) is 7.24. The summed E-state index contributed by atoms with van der Waals surface area (Å²) in [6, 6.07) is 4.02. The van der Waals surface area contributed by atoms with E-state index in [1.165, 1.54) is 4.88 Å². The average Bonchev–Trinajstić information content (AvgIpc) is 2.70. The second-order valence-corrected chi connectivity index (χ2v) is 4.69. The maximum Gasteiger partial charge on any atom is 0.315 e. The molecule has 0 saturated carbocycles. The van der Waals surface area contributed by atoms with E-state index in [0.29, 0.717) is 13.0 Å². The molecule has 1 rings (SSSR count). The van der Waals surface area contributed by atoms with Crippen molar-refractivity contribution >= 4 is 17.4 Å². The van der Waals surface area contributed by atoms with Gasteiger partial charge in [-0.3, -0.25) is 0 Å². The Bertz CT molecular complexity index is 301. The molecule has 0 fully saturated rings. The zero-order valence-electron chi connectivity index (χ0n) is 9.40. The third-order valence-corrected chi connectivity index (χ3v) is 2.98. The van der Waals surface area contributed by atoms with Crippen LogP contribution < -0.4 is 10.6 Å². The van der Waals surface area contributed by atoms with Crippen LogP contribution in [-0.2, 0) is 6.42 Å². The third kappa shape index (κ3) is 5.14. The molecule has 0 saturated heterocycles. The van der Waals surface area contributed by atoms with Gasteiger partial charge in [-0.2, -0.15) is 0 Å². The van der Waals surface area contributed by atoms with Crippen molar-refractivity contribution in [1.82, 2.24) is 10.6 Å². The van der Waals surface area contributed by atoms with Crippen molar-refractivity contribution in [2.75, 3.05) is 13.2 Å². The quantitative estimate of drug-likeness (QED) is 0.660. The first-order valence-electron chi connectivity index (χ1n) is 5.40. The summed E-state index contributed by atoms with van der Waals surface area (Å²) in [5, 5.41) is 16.1. The minimum Gasteiger partial charge on any atom is -0.396 e. The van der Waals surface area contributed by atoms with Gasteiger partial charge in [0, 0.05) is 30.5 Å². The largest absolute Gasteiger partial charge is 0.396 e. The summed E-state index contributed by atoms with van der Waals surface area (Å²) >= 11 is 1.70. The number of rotatable bonds is 6. The first-order chi connectivity index (χ1) is 7.72. The molecule has 1 aromatic rings. The van der Waals surface area contributed by atoms with Gasteiger partial charge in [-0.05, 0) is 24.8 Å². The van der Waals surface area contributed by atoms with Crippen molar-refractivity contribution in [1.29, 1.82) is 0 Å². The summed E-state index contributed by atoms with van der Waals surface area (Å²) in [6.45, 7) is 2.59. The van der Waals surface area contributed by atoms with Gasteiger partial charge in [0.05, 0.1) is 0 Å². The lowest BCUT2D eigenvalue weighted by Gasteiger charge is -2.13. The highest BCUT2D eigenvalue weighted by Crippen LogP contribution is 2.10. The topological polar surface area (TPSA) is 61.4 Å². The zero-order valence-corrected chi connectivity index (χ0v) is 10.2. The van der Waals surface area contributed by atoms with Gasteiger partial charge >= 0.3 is 6.03 Å². The molecule has 0 spiro atoms. The predicted octanol–water partition coefficient (Wildman–Crippen LogP) is 1.36. The number of amides is 2. The van der Waals surface area contributed by atoms with E-state index in [9.17, 15) is 4.79 Å². The summed E-state index contributed by atoms with van der Waals surface area (Å²) < 4.78 is 0. The lowest BCUT2D eigenvalue weighted by molar-refractivity contribution is 0.235. The average molecular weight is 242 g/mol. The summed E-state index contributed by atoms with van der Waals surface area (Å²) in [6.07, 6.45) is 1.44. The fourth-order valence-corrected chi connectivity index (χ4v) is 2.17. The Hall–Kier alpha value is -1.07. The van der Waals surface area contributed by atoms with Crippen LogP contribution in [0.1, 0.15) is 18.2 Å². The number of urea groups is 1. The molecule has 0 radical (unpaired) electrons. The highest BCUT2D eigenvalue weighted by Gasteiger charge is 2.07. The highest BCUT2D eigenvalue weighted by atomic mass is 32.1. The monoisotopic (exact) mass is 242 g/mol. The third-order valence-electron chi connectivity index (χ3n) is 2.09. The van der Waals surface area contributed by atoms with E-state index in [0.717, 1.165) is 6.42 Å². The molecule has 90 valence electrons. The Balaban J connectivity index is 2.18. The van der Waals surface area contributed by atoms with Crippen LogP contribution in [0.2, 0.25) is 0 Å². The van der Waals surface area contributed by atoms with Crippen LogP contribution in [-0.4, -0.2) is 30.3 Å². The molecule has 0 aliphatic rings. The molecule has 1 unspecified atom stereocenters. The van der Waals surface area contributed by atoms with Crippen LogP contribution in [0.3, 0.4) is 0 Å². The fourth-order valence-electron chi connectivity index (χ4n) is 1.34. The van der Waals surface area contributed by atoms with E-state index < -0.39 is 0 Å². The molecule has 1 atom stereocenters. The predicted molar refractivity (Wildman–Crippen MR) is 65.7 cm³/mol. The maximum atomic E-state index is 11.4. The smallest absolute Gasteiger partial charge is 0.315 e. The van der Waals surface area contributed by atoms with Crippen molar-refractivity contribution in [2.24, 2.45) is 0 Å². The van der Waals surface area contributed by atoms with Crippen LogP contribution in [0.4, 0.5) is 4.79 Å². The van der Waals surface area contributed by atoms with Gasteiger partial charge in [-0.15, -0.1) is 11.3 Å². The Labute approximate surface area is 99.7 Å². The fraction of sp³-hybridized carbons (Fsp3) is 0.545. The number of carbonyl (C=O) groups excluding carboxylic acids is 1. The molecule has 3 N–H and O–H groups in total. The summed E-state index contributed by atoms with van der Waals surface area (Å²) in [4.78, 5) is 12.6. The van der Waals surface area contributed by atoms with E-state index in [-0.39, 0.29) is 18.7 Å². The molecule has 0 aliphatic carbocycles. The number of carbonyl (C=O) groups is 1. The van der Waals surface area contributed by atoms with Gasteiger partial charge in [0.25, 0.3) is 0 Å². The summed E-state index contributed by atoms with van der Waals surface area (Å²) in [7, 11) is 0. The zero-order chi connectivity index (χ0) is 11.8. The molecule has 1 heterocycles. The number of hydrogen-bond donors (Lipinski definition) is 3. The van der Waals surface area contributed by atoms with Gasteiger partial charge in [0.15, 0.2) is 0 Å². The molecular formula is C11H18N2O2S. The molecule has 2 amide bonds. The number of aliphatic hydroxyl groups is 1. The second-order valence-electron chi connectivity index (χ2n) is 3.66. The lowest BCUT2D eigenvalue weighted by atomic mass is 10.2. The molecule has 4 nitrogen and oxygen atoms in total. The molecule has 16 heavy (non-hydrogen) atoms. The Morgan fingerprint density at radius 1 is 1.62 bits per heavy atom. The van der Waals surface area contributed by atoms with Crippen LogP contribution in [0, 0.1) is 0 Å². The summed E-state index contributed by atoms with van der Waals surface area (Å²) in [5.74, 6) is 0. The van der Waals surface area contributed by atoms with Gasteiger partial charge in [0.1, 0.15) is 0 Å².